The molecule has 1 heterocycles. The number of rotatable bonds is 1. The summed E-state index contributed by atoms with van der Waals surface area (Å²) in [4.78, 5) is 0. The molecule has 0 atom stereocenters. The molecule has 1 aliphatic rings. The quantitative estimate of drug-likeness (QED) is 0.689. The van der Waals surface area contributed by atoms with Gasteiger partial charge in [0.2, 0.25) is 9.84 Å². The Hall–Kier alpha value is -1.75. The van der Waals surface area contributed by atoms with Gasteiger partial charge < -0.3 is 11.5 Å². The number of sulfone groups is 1. The molecule has 4 nitrogen and oxygen atoms in total. The zero-order chi connectivity index (χ0) is 11.1. The molecule has 0 amide bonds. The number of anilines is 1. The van der Waals surface area contributed by atoms with Gasteiger partial charge in [0.05, 0.1) is 0 Å². The summed E-state index contributed by atoms with van der Waals surface area (Å²) < 4.78 is 22.7. The first kappa shape index (κ1) is 9.79. The second-order valence-electron chi connectivity index (χ2n) is 3.29. The van der Waals surface area contributed by atoms with Crippen molar-refractivity contribution in [3.8, 4) is 0 Å². The van der Waals surface area contributed by atoms with Crippen LogP contribution < -0.4 is 11.5 Å². The molecule has 0 saturated heterocycles. The van der Waals surface area contributed by atoms with Crippen molar-refractivity contribution in [1.82, 2.24) is 0 Å². The second kappa shape index (κ2) is 3.13. The minimum absolute atomic E-state index is 0.125. The highest BCUT2D eigenvalue weighted by atomic mass is 32.2. The van der Waals surface area contributed by atoms with Crippen LogP contribution in [0, 0.1) is 0 Å². The van der Waals surface area contributed by atoms with E-state index in [0.717, 1.165) is 11.0 Å². The van der Waals surface area contributed by atoms with E-state index >= 15 is 0 Å². The van der Waals surface area contributed by atoms with Crippen LogP contribution in [0.5, 0.6) is 0 Å². The van der Waals surface area contributed by atoms with Crippen molar-refractivity contribution in [3.05, 3.63) is 46.3 Å². The largest absolute Gasteiger partial charge is 0.399 e. The van der Waals surface area contributed by atoms with Crippen LogP contribution in [0.4, 0.5) is 5.69 Å². The fourth-order valence-electron chi connectivity index (χ4n) is 1.37. The van der Waals surface area contributed by atoms with E-state index in [2.05, 4.69) is 0 Å². The number of allylic oxidation sites excluding steroid dienone is 2. The van der Waals surface area contributed by atoms with Crippen molar-refractivity contribution >= 4 is 21.1 Å². The molecule has 0 radical (unpaired) electrons. The highest BCUT2D eigenvalue weighted by molar-refractivity contribution is 7.98. The van der Waals surface area contributed by atoms with Crippen molar-refractivity contribution in [1.29, 1.82) is 0 Å². The number of hydrogen-bond acceptors (Lipinski definition) is 4. The van der Waals surface area contributed by atoms with Crippen LogP contribution >= 0.6 is 0 Å². The lowest BCUT2D eigenvalue weighted by atomic mass is 10.1. The SMILES string of the molecule is NC1=CC(c2cccc(N)c2)=CS1(=O)=O. The lowest BCUT2D eigenvalue weighted by Crippen LogP contribution is -2.04. The Balaban J connectivity index is 2.53. The van der Waals surface area contributed by atoms with Gasteiger partial charge in [-0.3, -0.25) is 0 Å². The smallest absolute Gasteiger partial charge is 0.215 e. The van der Waals surface area contributed by atoms with Gasteiger partial charge in [0.1, 0.15) is 5.03 Å². The zero-order valence-electron chi connectivity index (χ0n) is 7.84. The third-order valence-electron chi connectivity index (χ3n) is 2.13. The van der Waals surface area contributed by atoms with E-state index < -0.39 is 9.84 Å². The molecule has 0 saturated carbocycles. The first-order valence-electron chi connectivity index (χ1n) is 4.29. The molecule has 0 unspecified atom stereocenters. The molecule has 1 aromatic rings. The molecule has 0 fully saturated rings. The Bertz CT molecular complexity index is 571. The van der Waals surface area contributed by atoms with Gasteiger partial charge >= 0.3 is 0 Å². The Labute approximate surface area is 87.8 Å². The highest BCUT2D eigenvalue weighted by Crippen LogP contribution is 2.27. The highest BCUT2D eigenvalue weighted by Gasteiger charge is 2.20. The monoisotopic (exact) mass is 222 g/mol. The van der Waals surface area contributed by atoms with Gasteiger partial charge in [-0.1, -0.05) is 12.1 Å². The first-order chi connectivity index (χ1) is 6.99. The summed E-state index contributed by atoms with van der Waals surface area (Å²) in [5, 5.41) is 1.02. The Morgan fingerprint density at radius 3 is 2.40 bits per heavy atom. The van der Waals surface area contributed by atoms with Gasteiger partial charge in [-0.15, -0.1) is 0 Å². The van der Waals surface area contributed by atoms with Crippen LogP contribution in [-0.4, -0.2) is 8.42 Å². The molecular weight excluding hydrogens is 212 g/mol. The molecular formula is C10H10N2O2S. The summed E-state index contributed by atoms with van der Waals surface area (Å²) >= 11 is 0. The topological polar surface area (TPSA) is 86.2 Å². The number of benzene rings is 1. The van der Waals surface area contributed by atoms with Crippen LogP contribution in [-0.2, 0) is 9.84 Å². The molecule has 2 rings (SSSR count). The van der Waals surface area contributed by atoms with E-state index in [4.69, 9.17) is 11.5 Å². The molecule has 1 aliphatic heterocycles. The van der Waals surface area contributed by atoms with Gasteiger partial charge in [-0.2, -0.15) is 0 Å². The van der Waals surface area contributed by atoms with Gasteiger partial charge in [0, 0.05) is 11.1 Å². The van der Waals surface area contributed by atoms with Crippen molar-refractivity contribution in [2.75, 3.05) is 5.73 Å². The van der Waals surface area contributed by atoms with E-state index in [9.17, 15) is 8.42 Å². The van der Waals surface area contributed by atoms with E-state index in [1.807, 2.05) is 0 Å². The van der Waals surface area contributed by atoms with Crippen molar-refractivity contribution < 1.29 is 8.42 Å². The van der Waals surface area contributed by atoms with Crippen molar-refractivity contribution in [2.24, 2.45) is 5.73 Å². The molecule has 1 aromatic carbocycles. The van der Waals surface area contributed by atoms with Crippen LogP contribution in [0.3, 0.4) is 0 Å². The third-order valence-corrected chi connectivity index (χ3v) is 3.47. The maximum atomic E-state index is 11.3. The number of hydrogen-bond donors (Lipinski definition) is 2. The van der Waals surface area contributed by atoms with E-state index in [1.54, 1.807) is 24.3 Å². The van der Waals surface area contributed by atoms with Crippen LogP contribution in [0.25, 0.3) is 5.57 Å². The summed E-state index contributed by atoms with van der Waals surface area (Å²) in [6, 6.07) is 6.99. The lowest BCUT2D eigenvalue weighted by Gasteiger charge is -1.99. The van der Waals surface area contributed by atoms with E-state index in [-0.39, 0.29) is 5.03 Å². The number of nitrogens with two attached hydrogens (primary N) is 2. The fourth-order valence-corrected chi connectivity index (χ4v) is 2.34. The minimum Gasteiger partial charge on any atom is -0.399 e. The molecule has 15 heavy (non-hydrogen) atoms. The molecule has 4 N–H and O–H groups in total. The lowest BCUT2D eigenvalue weighted by molar-refractivity contribution is 0.610. The Morgan fingerprint density at radius 1 is 1.13 bits per heavy atom. The summed E-state index contributed by atoms with van der Waals surface area (Å²) in [5.41, 5.74) is 12.9. The minimum atomic E-state index is -3.40. The van der Waals surface area contributed by atoms with Crippen LogP contribution in [0.1, 0.15) is 5.56 Å². The molecule has 0 aromatic heterocycles. The first-order valence-corrected chi connectivity index (χ1v) is 5.83. The maximum absolute atomic E-state index is 11.3. The summed E-state index contributed by atoms with van der Waals surface area (Å²) in [5.74, 6) is 0. The van der Waals surface area contributed by atoms with Gasteiger partial charge in [-0.25, -0.2) is 8.42 Å². The average Bonchev–Trinajstić information content (AvgIpc) is 2.42. The van der Waals surface area contributed by atoms with Gasteiger partial charge in [-0.05, 0) is 29.3 Å². The van der Waals surface area contributed by atoms with Crippen molar-refractivity contribution in [2.45, 2.75) is 0 Å². The molecule has 5 heteroatoms. The summed E-state index contributed by atoms with van der Waals surface area (Å²) in [6.07, 6.45) is 1.43. The predicted molar refractivity (Wildman–Crippen MR) is 60.0 cm³/mol. The van der Waals surface area contributed by atoms with E-state index in [0.29, 0.717) is 11.3 Å². The molecule has 78 valence electrons. The van der Waals surface area contributed by atoms with Gasteiger partial charge in [0.15, 0.2) is 0 Å². The maximum Gasteiger partial charge on any atom is 0.215 e. The Morgan fingerprint density at radius 2 is 1.87 bits per heavy atom. The van der Waals surface area contributed by atoms with Crippen LogP contribution in [0.2, 0.25) is 0 Å². The second-order valence-corrected chi connectivity index (χ2v) is 5.09. The number of nitrogen functional groups attached to an aromatic ring is 1. The zero-order valence-corrected chi connectivity index (χ0v) is 8.66. The van der Waals surface area contributed by atoms with Gasteiger partial charge in [0.25, 0.3) is 0 Å². The summed E-state index contributed by atoms with van der Waals surface area (Å²) in [7, 11) is -3.40. The normalized spacial score (nSPS) is 18.4. The summed E-state index contributed by atoms with van der Waals surface area (Å²) in [6.45, 7) is 0. The molecule has 0 spiro atoms. The van der Waals surface area contributed by atoms with Crippen LogP contribution in [0.15, 0.2) is 40.8 Å². The fraction of sp³-hybridized carbons (Fsp3) is 0. The molecule has 0 bridgehead atoms. The third kappa shape index (κ3) is 1.73. The molecule has 0 aliphatic carbocycles. The van der Waals surface area contributed by atoms with Crippen molar-refractivity contribution in [3.63, 3.8) is 0 Å². The standard InChI is InChI=1S/C10H10N2O2S/c11-9-3-1-2-7(4-9)8-5-10(12)15(13,14)6-8/h1-6H,11-12H2. The average molecular weight is 222 g/mol. The Kier molecular flexibility index (Phi) is 2.04. The van der Waals surface area contributed by atoms with E-state index in [1.165, 1.54) is 6.08 Å². The predicted octanol–water partition coefficient (Wildman–Crippen LogP) is 0.838.